The van der Waals surface area contributed by atoms with Crippen LogP contribution in [0.4, 0.5) is 0 Å². The first-order valence-electron chi connectivity index (χ1n) is 12.2. The van der Waals surface area contributed by atoms with Crippen molar-refractivity contribution in [2.24, 2.45) is 11.8 Å². The third kappa shape index (κ3) is 5.87. The molecule has 1 aromatic heterocycles. The maximum atomic E-state index is 12.9. The summed E-state index contributed by atoms with van der Waals surface area (Å²) in [6.07, 6.45) is 3.44. The summed E-state index contributed by atoms with van der Waals surface area (Å²) in [7, 11) is 0. The minimum Gasteiger partial charge on any atom is -0.352 e. The topological polar surface area (TPSA) is 59.8 Å². The van der Waals surface area contributed by atoms with E-state index >= 15 is 0 Å². The molecule has 0 spiro atoms. The molecule has 35 heavy (non-hydrogen) atoms. The van der Waals surface area contributed by atoms with Gasteiger partial charge >= 0.3 is 0 Å². The van der Waals surface area contributed by atoms with E-state index in [2.05, 4.69) is 55.3 Å². The first-order valence-corrected chi connectivity index (χ1v) is 13.9. The minimum atomic E-state index is 0.0266. The Balaban J connectivity index is 1.65. The lowest BCUT2D eigenvalue weighted by Gasteiger charge is -2.34. The Morgan fingerprint density at radius 1 is 1.14 bits per heavy atom. The number of hydrogen-bond acceptors (Lipinski definition) is 4. The molecular formula is C27H32Cl2N4OS. The summed E-state index contributed by atoms with van der Waals surface area (Å²) in [6.45, 7) is 8.83. The molecule has 3 aromatic rings. The number of para-hydroxylation sites is 1. The summed E-state index contributed by atoms with van der Waals surface area (Å²) in [5.41, 5.74) is 2.88. The van der Waals surface area contributed by atoms with Gasteiger partial charge in [-0.2, -0.15) is 0 Å². The lowest BCUT2D eigenvalue weighted by atomic mass is 9.78. The Bertz CT molecular complexity index is 1200. The lowest BCUT2D eigenvalue weighted by molar-refractivity contribution is -0.120. The molecule has 3 atom stereocenters. The number of nitrogens with zero attached hydrogens (tertiary/aromatic N) is 3. The molecule has 1 aliphatic rings. The number of thioether (sulfide) groups is 1. The number of rotatable bonds is 7. The normalized spacial score (nSPS) is 20.3. The summed E-state index contributed by atoms with van der Waals surface area (Å²) in [4.78, 5) is 12.9. The van der Waals surface area contributed by atoms with Crippen LogP contribution < -0.4 is 5.32 Å². The standard InChI is InChI=1S/C27H32Cl2N4OS/c1-16(2)20-9-5-6-11-24(20)33-26(21-13-12-19(28)14-22(21)29)31-32-27(33)35-15-25(34)30-23-10-7-8-17(3)18(23)4/h5-6,9,11-14,16-18,23H,7-8,10,15H2,1-4H3,(H,30,34). The molecule has 186 valence electrons. The number of amides is 1. The van der Waals surface area contributed by atoms with Gasteiger partial charge in [-0.15, -0.1) is 10.2 Å². The van der Waals surface area contributed by atoms with Crippen molar-refractivity contribution in [3.05, 3.63) is 58.1 Å². The van der Waals surface area contributed by atoms with E-state index in [9.17, 15) is 4.79 Å². The molecular weight excluding hydrogens is 499 g/mol. The van der Waals surface area contributed by atoms with E-state index in [0.29, 0.717) is 32.9 Å². The Morgan fingerprint density at radius 3 is 2.66 bits per heavy atom. The largest absolute Gasteiger partial charge is 0.352 e. The molecule has 0 radical (unpaired) electrons. The monoisotopic (exact) mass is 530 g/mol. The Hall–Kier alpha value is -2.02. The van der Waals surface area contributed by atoms with Gasteiger partial charge in [-0.1, -0.05) is 93.7 Å². The van der Waals surface area contributed by atoms with Crippen LogP contribution in [0.3, 0.4) is 0 Å². The smallest absolute Gasteiger partial charge is 0.230 e. The van der Waals surface area contributed by atoms with E-state index in [1.165, 1.54) is 18.2 Å². The van der Waals surface area contributed by atoms with Gasteiger partial charge < -0.3 is 5.32 Å². The third-order valence-electron chi connectivity index (χ3n) is 6.99. The van der Waals surface area contributed by atoms with E-state index in [1.54, 1.807) is 12.1 Å². The summed E-state index contributed by atoms with van der Waals surface area (Å²) in [5.74, 6) is 2.32. The van der Waals surface area contributed by atoms with Gasteiger partial charge in [0.1, 0.15) is 0 Å². The van der Waals surface area contributed by atoms with Crippen LogP contribution in [-0.4, -0.2) is 32.5 Å². The molecule has 1 saturated carbocycles. The summed E-state index contributed by atoms with van der Waals surface area (Å²) >= 11 is 14.1. The number of nitrogens with one attached hydrogen (secondary N) is 1. The predicted molar refractivity (Wildman–Crippen MR) is 146 cm³/mol. The first-order chi connectivity index (χ1) is 16.8. The number of hydrogen-bond donors (Lipinski definition) is 1. The molecule has 5 nitrogen and oxygen atoms in total. The summed E-state index contributed by atoms with van der Waals surface area (Å²) in [5, 5.41) is 14.0. The Labute approximate surface area is 222 Å². The second-order valence-corrected chi connectivity index (χ2v) is 11.5. The maximum Gasteiger partial charge on any atom is 0.230 e. The molecule has 0 bridgehead atoms. The van der Waals surface area contributed by atoms with Gasteiger partial charge in [-0.05, 0) is 54.0 Å². The van der Waals surface area contributed by atoms with Crippen molar-refractivity contribution in [3.63, 3.8) is 0 Å². The van der Waals surface area contributed by atoms with Crippen LogP contribution in [0.1, 0.15) is 58.4 Å². The zero-order valence-corrected chi connectivity index (χ0v) is 22.9. The van der Waals surface area contributed by atoms with Gasteiger partial charge in [0.15, 0.2) is 11.0 Å². The predicted octanol–water partition coefficient (Wildman–Crippen LogP) is 7.40. The quantitative estimate of drug-likeness (QED) is 0.323. The van der Waals surface area contributed by atoms with Crippen molar-refractivity contribution in [2.75, 3.05) is 5.75 Å². The first kappa shape index (κ1) is 26.1. The third-order valence-corrected chi connectivity index (χ3v) is 8.47. The number of halogens is 2. The molecule has 3 unspecified atom stereocenters. The van der Waals surface area contributed by atoms with Crippen molar-refractivity contribution in [3.8, 4) is 17.1 Å². The highest BCUT2D eigenvalue weighted by atomic mass is 35.5. The maximum absolute atomic E-state index is 12.9. The number of aromatic nitrogens is 3. The molecule has 1 amide bonds. The van der Waals surface area contributed by atoms with Crippen LogP contribution in [0.15, 0.2) is 47.6 Å². The van der Waals surface area contributed by atoms with Crippen molar-refractivity contribution >= 4 is 40.9 Å². The molecule has 0 aliphatic heterocycles. The van der Waals surface area contributed by atoms with Gasteiger partial charge in [0.25, 0.3) is 0 Å². The van der Waals surface area contributed by atoms with Gasteiger partial charge in [-0.25, -0.2) is 0 Å². The van der Waals surface area contributed by atoms with Crippen molar-refractivity contribution in [1.29, 1.82) is 0 Å². The average Bonchev–Trinajstić information content (AvgIpc) is 3.24. The Kier molecular flexibility index (Phi) is 8.46. The number of benzene rings is 2. The van der Waals surface area contributed by atoms with E-state index in [1.807, 2.05) is 22.8 Å². The van der Waals surface area contributed by atoms with E-state index in [-0.39, 0.29) is 23.6 Å². The van der Waals surface area contributed by atoms with Crippen LogP contribution in [0, 0.1) is 11.8 Å². The molecule has 1 aliphatic carbocycles. The summed E-state index contributed by atoms with van der Waals surface area (Å²) < 4.78 is 2.01. The molecule has 1 heterocycles. The highest BCUT2D eigenvalue weighted by molar-refractivity contribution is 7.99. The van der Waals surface area contributed by atoms with Crippen LogP contribution in [0.2, 0.25) is 10.0 Å². The van der Waals surface area contributed by atoms with Crippen LogP contribution in [0.5, 0.6) is 0 Å². The fourth-order valence-electron chi connectivity index (χ4n) is 4.77. The number of carbonyl (C=O) groups excluding carboxylic acids is 1. The van der Waals surface area contributed by atoms with E-state index in [0.717, 1.165) is 29.7 Å². The average molecular weight is 532 g/mol. The van der Waals surface area contributed by atoms with Gasteiger partial charge in [0.05, 0.1) is 16.5 Å². The second kappa shape index (κ2) is 11.4. The van der Waals surface area contributed by atoms with E-state index < -0.39 is 0 Å². The fraction of sp³-hybridized carbons (Fsp3) is 0.444. The molecule has 0 saturated heterocycles. The van der Waals surface area contributed by atoms with Crippen LogP contribution in [-0.2, 0) is 4.79 Å². The van der Waals surface area contributed by atoms with Gasteiger partial charge in [0, 0.05) is 16.6 Å². The molecule has 8 heteroatoms. The van der Waals surface area contributed by atoms with Crippen molar-refractivity contribution in [2.45, 2.75) is 64.1 Å². The van der Waals surface area contributed by atoms with Crippen molar-refractivity contribution in [1.82, 2.24) is 20.1 Å². The van der Waals surface area contributed by atoms with E-state index in [4.69, 9.17) is 23.2 Å². The Morgan fingerprint density at radius 2 is 1.91 bits per heavy atom. The zero-order chi connectivity index (χ0) is 25.1. The van der Waals surface area contributed by atoms with Gasteiger partial charge in [-0.3, -0.25) is 9.36 Å². The molecule has 1 fully saturated rings. The molecule has 2 aromatic carbocycles. The SMILES string of the molecule is CC(C)c1ccccc1-n1c(SCC(=O)NC2CCCC(C)C2C)nnc1-c1ccc(Cl)cc1Cl. The summed E-state index contributed by atoms with van der Waals surface area (Å²) in [6, 6.07) is 13.8. The van der Waals surface area contributed by atoms with Gasteiger partial charge in [0.2, 0.25) is 5.91 Å². The second-order valence-electron chi connectivity index (χ2n) is 9.71. The minimum absolute atomic E-state index is 0.0266. The highest BCUT2D eigenvalue weighted by Crippen LogP contribution is 2.36. The van der Waals surface area contributed by atoms with Crippen LogP contribution >= 0.6 is 35.0 Å². The van der Waals surface area contributed by atoms with Crippen molar-refractivity contribution < 1.29 is 4.79 Å². The molecule has 4 rings (SSSR count). The zero-order valence-electron chi connectivity index (χ0n) is 20.6. The fourth-order valence-corrected chi connectivity index (χ4v) is 6.02. The lowest BCUT2D eigenvalue weighted by Crippen LogP contribution is -2.44. The molecule has 1 N–H and O–H groups in total. The van der Waals surface area contributed by atoms with Crippen LogP contribution in [0.25, 0.3) is 17.1 Å². The number of carbonyl (C=O) groups is 1. The highest BCUT2D eigenvalue weighted by Gasteiger charge is 2.28.